The van der Waals surface area contributed by atoms with E-state index in [-0.39, 0.29) is 6.04 Å². The van der Waals surface area contributed by atoms with E-state index in [0.717, 1.165) is 17.2 Å². The average Bonchev–Trinajstić information content (AvgIpc) is 2.93. The number of aromatic amines is 1. The third kappa shape index (κ3) is 2.81. The number of H-pyrrole nitrogens is 1. The average molecular weight is 294 g/mol. The smallest absolute Gasteiger partial charge is 0.0534 e. The maximum absolute atomic E-state index is 6.13. The van der Waals surface area contributed by atoms with E-state index in [1.54, 1.807) is 0 Å². The molecule has 1 aliphatic rings. The number of hydrogen-bond acceptors (Lipinski definition) is 3. The second-order valence-corrected chi connectivity index (χ2v) is 6.37. The quantitative estimate of drug-likeness (QED) is 0.900. The fourth-order valence-corrected chi connectivity index (χ4v) is 3.72. The zero-order chi connectivity index (χ0) is 13.2. The van der Waals surface area contributed by atoms with E-state index in [2.05, 4.69) is 34.6 Å². The Labute approximate surface area is 122 Å². The van der Waals surface area contributed by atoms with Crippen LogP contribution in [0.2, 0.25) is 5.02 Å². The maximum atomic E-state index is 6.13. The van der Waals surface area contributed by atoms with Crippen LogP contribution in [-0.2, 0) is 0 Å². The zero-order valence-corrected chi connectivity index (χ0v) is 12.3. The van der Waals surface area contributed by atoms with Crippen molar-refractivity contribution in [3.8, 4) is 0 Å². The largest absolute Gasteiger partial charge is 0.303 e. The van der Waals surface area contributed by atoms with Crippen molar-refractivity contribution < 1.29 is 0 Å². The standard InChI is InChI=1S/C14H16ClN3S/c1-9(10-7-16-17-8-10)18-13-4-5-19-14-3-2-11(15)6-12(13)14/h2-3,6-9,13,18H,4-5H2,1H3,(H,16,17). The molecule has 3 rings (SSSR count). The first kappa shape index (κ1) is 13.0. The van der Waals surface area contributed by atoms with Crippen molar-refractivity contribution in [1.29, 1.82) is 0 Å². The molecule has 2 heterocycles. The van der Waals surface area contributed by atoms with Crippen LogP contribution in [-0.4, -0.2) is 16.0 Å². The van der Waals surface area contributed by atoms with Crippen LogP contribution in [0.1, 0.15) is 36.6 Å². The number of halogens is 1. The lowest BCUT2D eigenvalue weighted by molar-refractivity contribution is 0.450. The molecule has 0 aliphatic carbocycles. The molecule has 0 saturated carbocycles. The Kier molecular flexibility index (Phi) is 3.82. The minimum Gasteiger partial charge on any atom is -0.303 e. The third-order valence-corrected chi connectivity index (χ3v) is 4.84. The number of rotatable bonds is 3. The van der Waals surface area contributed by atoms with Crippen molar-refractivity contribution >= 4 is 23.4 Å². The second-order valence-electron chi connectivity index (χ2n) is 4.79. The van der Waals surface area contributed by atoms with Crippen LogP contribution in [0.4, 0.5) is 0 Å². The molecule has 2 unspecified atom stereocenters. The van der Waals surface area contributed by atoms with Crippen LogP contribution >= 0.6 is 23.4 Å². The highest BCUT2D eigenvalue weighted by Gasteiger charge is 2.22. The van der Waals surface area contributed by atoms with Crippen molar-refractivity contribution in [1.82, 2.24) is 15.5 Å². The van der Waals surface area contributed by atoms with E-state index in [1.165, 1.54) is 16.0 Å². The zero-order valence-electron chi connectivity index (χ0n) is 10.7. The molecular weight excluding hydrogens is 278 g/mol. The Morgan fingerprint density at radius 1 is 1.53 bits per heavy atom. The summed E-state index contributed by atoms with van der Waals surface area (Å²) in [6.07, 6.45) is 4.93. The molecule has 0 amide bonds. The Balaban J connectivity index is 1.81. The molecule has 5 heteroatoms. The van der Waals surface area contributed by atoms with Gasteiger partial charge in [-0.15, -0.1) is 11.8 Å². The summed E-state index contributed by atoms with van der Waals surface area (Å²) in [6, 6.07) is 6.81. The summed E-state index contributed by atoms with van der Waals surface area (Å²) in [7, 11) is 0. The molecule has 19 heavy (non-hydrogen) atoms. The molecule has 1 aromatic carbocycles. The van der Waals surface area contributed by atoms with Gasteiger partial charge in [0.15, 0.2) is 0 Å². The molecule has 1 aromatic heterocycles. The summed E-state index contributed by atoms with van der Waals surface area (Å²) < 4.78 is 0. The third-order valence-electron chi connectivity index (χ3n) is 3.48. The van der Waals surface area contributed by atoms with Gasteiger partial charge in [0.05, 0.1) is 6.20 Å². The number of aromatic nitrogens is 2. The predicted octanol–water partition coefficient (Wildman–Crippen LogP) is 3.95. The monoisotopic (exact) mass is 293 g/mol. The Hall–Kier alpha value is -0.970. The maximum Gasteiger partial charge on any atom is 0.0534 e. The molecule has 0 saturated heterocycles. The second kappa shape index (κ2) is 5.57. The normalized spacial score (nSPS) is 20.0. The van der Waals surface area contributed by atoms with Crippen LogP contribution in [0, 0.1) is 0 Å². The molecule has 2 atom stereocenters. The van der Waals surface area contributed by atoms with Crippen LogP contribution in [0.25, 0.3) is 0 Å². The predicted molar refractivity (Wildman–Crippen MR) is 79.7 cm³/mol. The summed E-state index contributed by atoms with van der Waals surface area (Å²) in [5.41, 5.74) is 2.50. The van der Waals surface area contributed by atoms with E-state index >= 15 is 0 Å². The SMILES string of the molecule is CC(NC1CCSc2ccc(Cl)cc21)c1cn[nH]c1. The Bertz CT molecular complexity index is 556. The Morgan fingerprint density at radius 2 is 2.42 bits per heavy atom. The highest BCUT2D eigenvalue weighted by Crippen LogP contribution is 2.38. The van der Waals surface area contributed by atoms with Crippen molar-refractivity contribution in [2.45, 2.75) is 30.3 Å². The summed E-state index contributed by atoms with van der Waals surface area (Å²) >= 11 is 8.03. The van der Waals surface area contributed by atoms with Crippen LogP contribution < -0.4 is 5.32 Å². The minimum absolute atomic E-state index is 0.277. The van der Waals surface area contributed by atoms with Gasteiger partial charge in [0.25, 0.3) is 0 Å². The molecule has 0 fully saturated rings. The molecular formula is C14H16ClN3S. The van der Waals surface area contributed by atoms with Gasteiger partial charge in [-0.25, -0.2) is 0 Å². The van der Waals surface area contributed by atoms with Gasteiger partial charge >= 0.3 is 0 Å². The fraction of sp³-hybridized carbons (Fsp3) is 0.357. The molecule has 1 aliphatic heterocycles. The number of nitrogens with zero attached hydrogens (tertiary/aromatic N) is 1. The minimum atomic E-state index is 0.277. The van der Waals surface area contributed by atoms with Gasteiger partial charge < -0.3 is 5.32 Å². The van der Waals surface area contributed by atoms with Crippen LogP contribution in [0.3, 0.4) is 0 Å². The van der Waals surface area contributed by atoms with Gasteiger partial charge in [-0.05, 0) is 42.9 Å². The van der Waals surface area contributed by atoms with Crippen LogP contribution in [0.15, 0.2) is 35.5 Å². The van der Waals surface area contributed by atoms with E-state index < -0.39 is 0 Å². The summed E-state index contributed by atoms with van der Waals surface area (Å²) in [6.45, 7) is 2.16. The van der Waals surface area contributed by atoms with Gasteiger partial charge in [0.2, 0.25) is 0 Å². The number of thioether (sulfide) groups is 1. The number of benzene rings is 1. The summed E-state index contributed by atoms with van der Waals surface area (Å²) in [4.78, 5) is 1.34. The van der Waals surface area contributed by atoms with E-state index in [1.807, 2.05) is 30.2 Å². The van der Waals surface area contributed by atoms with E-state index in [0.29, 0.717) is 6.04 Å². The lowest BCUT2D eigenvalue weighted by atomic mass is 10.0. The fourth-order valence-electron chi connectivity index (χ4n) is 2.43. The number of hydrogen-bond donors (Lipinski definition) is 2. The highest BCUT2D eigenvalue weighted by atomic mass is 35.5. The number of nitrogens with one attached hydrogen (secondary N) is 2. The molecule has 0 radical (unpaired) electrons. The van der Waals surface area contributed by atoms with Crippen molar-refractivity contribution in [2.75, 3.05) is 5.75 Å². The first-order chi connectivity index (χ1) is 9.24. The van der Waals surface area contributed by atoms with Gasteiger partial charge in [0, 0.05) is 33.8 Å². The van der Waals surface area contributed by atoms with Gasteiger partial charge in [0.1, 0.15) is 0 Å². The first-order valence-corrected chi connectivity index (χ1v) is 7.77. The molecule has 3 nitrogen and oxygen atoms in total. The van der Waals surface area contributed by atoms with Gasteiger partial charge in [-0.3, -0.25) is 5.10 Å². The Morgan fingerprint density at radius 3 is 3.21 bits per heavy atom. The van der Waals surface area contributed by atoms with Gasteiger partial charge in [-0.1, -0.05) is 11.6 Å². The van der Waals surface area contributed by atoms with Gasteiger partial charge in [-0.2, -0.15) is 5.10 Å². The van der Waals surface area contributed by atoms with Crippen molar-refractivity contribution in [2.24, 2.45) is 0 Å². The van der Waals surface area contributed by atoms with E-state index in [9.17, 15) is 0 Å². The highest BCUT2D eigenvalue weighted by molar-refractivity contribution is 7.99. The topological polar surface area (TPSA) is 40.7 Å². The first-order valence-electron chi connectivity index (χ1n) is 6.41. The molecule has 100 valence electrons. The van der Waals surface area contributed by atoms with Crippen molar-refractivity contribution in [3.63, 3.8) is 0 Å². The molecule has 2 aromatic rings. The summed E-state index contributed by atoms with van der Waals surface area (Å²) in [5, 5.41) is 11.3. The number of fused-ring (bicyclic) bond motifs is 1. The molecule has 2 N–H and O–H groups in total. The summed E-state index contributed by atoms with van der Waals surface area (Å²) in [5.74, 6) is 1.14. The lowest BCUT2D eigenvalue weighted by Crippen LogP contribution is -2.27. The molecule has 0 bridgehead atoms. The van der Waals surface area contributed by atoms with Crippen molar-refractivity contribution in [3.05, 3.63) is 46.7 Å². The lowest BCUT2D eigenvalue weighted by Gasteiger charge is -2.28. The molecule has 0 spiro atoms. The van der Waals surface area contributed by atoms with E-state index in [4.69, 9.17) is 11.6 Å². The van der Waals surface area contributed by atoms with Crippen LogP contribution in [0.5, 0.6) is 0 Å².